The van der Waals surface area contributed by atoms with E-state index in [1.165, 1.54) is 12.0 Å². The van der Waals surface area contributed by atoms with Gasteiger partial charge in [-0.05, 0) is 77.4 Å². The molecule has 0 N–H and O–H groups in total. The summed E-state index contributed by atoms with van der Waals surface area (Å²) in [5, 5.41) is 5.72. The van der Waals surface area contributed by atoms with Crippen LogP contribution >= 0.6 is 26.0 Å². The molecule has 3 aromatic heterocycles. The lowest BCUT2D eigenvalue weighted by atomic mass is 10.1. The minimum Gasteiger partial charge on any atom is -0.484 e. The van der Waals surface area contributed by atoms with Crippen LogP contribution < -0.4 is 4.74 Å². The highest BCUT2D eigenvalue weighted by atomic mass is 79.9. The van der Waals surface area contributed by atoms with Crippen molar-refractivity contribution in [2.45, 2.75) is 25.7 Å². The smallest absolute Gasteiger partial charge is 0.181 e. The Bertz CT molecular complexity index is 1270. The molecule has 9 heteroatoms. The number of fused-ring (bicyclic) bond motifs is 2. The van der Waals surface area contributed by atoms with Crippen molar-refractivity contribution in [3.63, 3.8) is 0 Å². The summed E-state index contributed by atoms with van der Waals surface area (Å²) in [6.07, 6.45) is 13.6. The maximum absolute atomic E-state index is 6.38. The van der Waals surface area contributed by atoms with E-state index in [2.05, 4.69) is 50.7 Å². The number of rotatable bonds is 8. The van der Waals surface area contributed by atoms with Gasteiger partial charge >= 0.3 is 0 Å². The van der Waals surface area contributed by atoms with Crippen LogP contribution in [0.25, 0.3) is 22.4 Å². The van der Waals surface area contributed by atoms with Crippen molar-refractivity contribution in [3.8, 4) is 17.2 Å². The lowest BCUT2D eigenvalue weighted by Crippen LogP contribution is -2.10. The molecule has 1 aliphatic carbocycles. The highest BCUT2D eigenvalue weighted by Crippen LogP contribution is 2.37. The number of hydrogen-bond donors (Lipinski definition) is 0. The molecule has 0 fully saturated rings. The van der Waals surface area contributed by atoms with Gasteiger partial charge in [-0.2, -0.15) is 5.10 Å². The fourth-order valence-electron chi connectivity index (χ4n) is 3.99. The van der Waals surface area contributed by atoms with Gasteiger partial charge in [0, 0.05) is 21.8 Å². The van der Waals surface area contributed by atoms with Crippen LogP contribution in [-0.2, 0) is 17.9 Å². The minimum absolute atomic E-state index is 0.0578. The molecule has 7 nitrogen and oxygen atoms in total. The molecule has 0 spiro atoms. The Balaban J connectivity index is 1.42. The molecule has 0 bridgehead atoms. The average Bonchev–Trinajstić information content (AvgIpc) is 3.50. The number of oxazole rings is 1. The fraction of sp³-hybridized carbons (Fsp3) is 0.375. The van der Waals surface area contributed by atoms with Gasteiger partial charge in [0.25, 0.3) is 0 Å². The molecule has 1 aromatic carbocycles. The summed E-state index contributed by atoms with van der Waals surface area (Å²) in [6.45, 7) is 1.10. The number of halogens is 1. The number of pyridine rings is 1. The molecule has 0 amide bonds. The van der Waals surface area contributed by atoms with Crippen LogP contribution in [0.1, 0.15) is 23.8 Å². The van der Waals surface area contributed by atoms with E-state index in [9.17, 15) is 0 Å². The molecular weight excluding hydrogens is 504 g/mol. The molecule has 174 valence electrons. The van der Waals surface area contributed by atoms with E-state index in [0.717, 1.165) is 51.1 Å². The molecule has 0 aliphatic heterocycles. The third kappa shape index (κ3) is 4.95. The first-order valence-electron chi connectivity index (χ1n) is 10.8. The third-order valence-electron chi connectivity index (χ3n) is 5.67. The summed E-state index contributed by atoms with van der Waals surface area (Å²) in [4.78, 5) is 8.66. The highest BCUT2D eigenvalue weighted by molar-refractivity contribution is 9.10. The Labute approximate surface area is 203 Å². The van der Waals surface area contributed by atoms with Crippen molar-refractivity contribution >= 4 is 36.9 Å². The number of aromatic nitrogens is 4. The zero-order valence-electron chi connectivity index (χ0n) is 19.0. The van der Waals surface area contributed by atoms with Gasteiger partial charge in [-0.15, -0.1) is 0 Å². The summed E-state index contributed by atoms with van der Waals surface area (Å²) in [5.41, 5.74) is 3.94. The summed E-state index contributed by atoms with van der Waals surface area (Å²) in [7, 11) is -0.594. The number of hydrogen-bond acceptors (Lipinski definition) is 6. The van der Waals surface area contributed by atoms with Gasteiger partial charge in [-0.25, -0.2) is 19.7 Å². The van der Waals surface area contributed by atoms with Gasteiger partial charge in [-0.3, -0.25) is 4.98 Å². The predicted molar refractivity (Wildman–Crippen MR) is 135 cm³/mol. The van der Waals surface area contributed by atoms with E-state index in [1.54, 1.807) is 6.20 Å². The fourth-order valence-corrected chi connectivity index (χ4v) is 4.99. The topological polar surface area (TPSA) is 75.2 Å². The van der Waals surface area contributed by atoms with Crippen molar-refractivity contribution in [3.05, 3.63) is 58.8 Å². The van der Waals surface area contributed by atoms with Crippen LogP contribution in [0.15, 0.2) is 51.9 Å². The van der Waals surface area contributed by atoms with Gasteiger partial charge < -0.3 is 13.9 Å². The van der Waals surface area contributed by atoms with Crippen molar-refractivity contribution in [1.29, 1.82) is 0 Å². The van der Waals surface area contributed by atoms with Crippen LogP contribution in [0.3, 0.4) is 0 Å². The Morgan fingerprint density at radius 2 is 2.09 bits per heavy atom. The van der Waals surface area contributed by atoms with Crippen molar-refractivity contribution in [1.82, 2.24) is 19.7 Å². The molecule has 0 radical (unpaired) electrons. The van der Waals surface area contributed by atoms with Crippen molar-refractivity contribution < 1.29 is 13.9 Å². The second-order valence-electron chi connectivity index (χ2n) is 9.07. The number of benzene rings is 1. The van der Waals surface area contributed by atoms with Gasteiger partial charge in [0.2, 0.25) is 0 Å². The van der Waals surface area contributed by atoms with E-state index in [0.29, 0.717) is 19.1 Å². The molecule has 1 aliphatic rings. The number of ether oxygens (including phenoxy) is 2. The second kappa shape index (κ2) is 9.12. The number of nitrogens with zero attached hydrogens (tertiary/aromatic N) is 4. The maximum Gasteiger partial charge on any atom is 0.181 e. The summed E-state index contributed by atoms with van der Waals surface area (Å²) < 4.78 is 20.8. The molecule has 5 rings (SSSR count). The third-order valence-corrected chi connectivity index (χ3v) is 7.49. The van der Waals surface area contributed by atoms with E-state index in [-0.39, 0.29) is 6.10 Å². The minimum atomic E-state index is -0.594. The lowest BCUT2D eigenvalue weighted by molar-refractivity contribution is 0.0842. The monoisotopic (exact) mass is 530 g/mol. The summed E-state index contributed by atoms with van der Waals surface area (Å²) >= 11 is 3.50. The normalized spacial score (nSPS) is 16.3. The van der Waals surface area contributed by atoms with Crippen molar-refractivity contribution in [2.24, 2.45) is 0 Å². The Morgan fingerprint density at radius 3 is 2.88 bits per heavy atom. The van der Waals surface area contributed by atoms with E-state index in [1.807, 2.05) is 29.1 Å². The Morgan fingerprint density at radius 1 is 1.21 bits per heavy atom. The molecule has 0 saturated heterocycles. The lowest BCUT2D eigenvalue weighted by Gasteiger charge is -2.24. The summed E-state index contributed by atoms with van der Waals surface area (Å²) in [6, 6.07) is 8.16. The van der Waals surface area contributed by atoms with Gasteiger partial charge in [0.05, 0.1) is 24.0 Å². The molecule has 1 atom stereocenters. The molecule has 0 saturated carbocycles. The van der Waals surface area contributed by atoms with Gasteiger partial charge in [0.1, 0.15) is 24.3 Å². The van der Waals surface area contributed by atoms with Crippen LogP contribution in [-0.4, -0.2) is 50.9 Å². The Hall–Kier alpha value is -2.36. The first-order valence-corrected chi connectivity index (χ1v) is 14.6. The zero-order valence-corrected chi connectivity index (χ0v) is 21.4. The van der Waals surface area contributed by atoms with Crippen LogP contribution in [0.5, 0.6) is 5.75 Å². The van der Waals surface area contributed by atoms with Crippen molar-refractivity contribution in [2.75, 3.05) is 31.1 Å². The van der Waals surface area contributed by atoms with E-state index >= 15 is 0 Å². The van der Waals surface area contributed by atoms with Crippen LogP contribution in [0.4, 0.5) is 0 Å². The molecule has 33 heavy (non-hydrogen) atoms. The highest BCUT2D eigenvalue weighted by Gasteiger charge is 2.26. The van der Waals surface area contributed by atoms with Crippen LogP contribution in [0.2, 0.25) is 0 Å². The zero-order chi connectivity index (χ0) is 23.0. The Kier molecular flexibility index (Phi) is 6.20. The van der Waals surface area contributed by atoms with Gasteiger partial charge in [-0.1, -0.05) is 0 Å². The summed E-state index contributed by atoms with van der Waals surface area (Å²) in [5.74, 6) is 2.46. The standard InChI is InChI=1S/C24H27BrN4O3S/c1-33(2,3)9-8-30-15-29-20-6-5-18(11-19(20)24(28-29)22-13-26-14-31-22)32-21-7-4-16-10-17(25)12-27-23(16)21/h5-6,10-14,21H,4,7-9,15H2,1-3H3. The SMILES string of the molecule is CS(C)(C)CCOCn1nc(-c2cnco2)c2cc(OC3CCc4cc(Br)cnc43)ccc21. The average molecular weight is 531 g/mol. The largest absolute Gasteiger partial charge is 0.484 e. The quantitative estimate of drug-likeness (QED) is 0.276. The molecular formula is C24H27BrN4O3S. The molecule has 4 aromatic rings. The maximum atomic E-state index is 6.38. The second-order valence-corrected chi connectivity index (χ2v) is 14.6. The first-order chi connectivity index (χ1) is 15.9. The predicted octanol–water partition coefficient (Wildman–Crippen LogP) is 5.58. The van der Waals surface area contributed by atoms with Crippen LogP contribution in [0, 0.1) is 0 Å². The van der Waals surface area contributed by atoms with Gasteiger partial charge in [0.15, 0.2) is 12.2 Å². The van der Waals surface area contributed by atoms with E-state index in [4.69, 9.17) is 19.0 Å². The molecule has 1 unspecified atom stereocenters. The molecule has 3 heterocycles. The number of aryl methyl sites for hydroxylation is 1. The van der Waals surface area contributed by atoms with E-state index < -0.39 is 10.0 Å². The first kappa shape index (κ1) is 22.4.